The molecule has 0 bridgehead atoms. The Morgan fingerprint density at radius 1 is 1.06 bits per heavy atom. The molecule has 174 valence electrons. The van der Waals surface area contributed by atoms with E-state index in [9.17, 15) is 4.79 Å². The largest absolute Gasteiger partial charge is 0.493 e. The minimum atomic E-state index is 0.0267. The molecule has 5 nitrogen and oxygen atoms in total. The van der Waals surface area contributed by atoms with Gasteiger partial charge in [-0.1, -0.05) is 41.9 Å². The lowest BCUT2D eigenvalue weighted by molar-refractivity contribution is -0.117. The molecule has 0 unspecified atom stereocenters. The zero-order valence-corrected chi connectivity index (χ0v) is 20.3. The van der Waals surface area contributed by atoms with E-state index in [1.54, 1.807) is 0 Å². The number of aryl methyl sites for hydroxylation is 3. The van der Waals surface area contributed by atoms with Crippen molar-refractivity contribution in [3.8, 4) is 5.75 Å². The highest BCUT2D eigenvalue weighted by atomic mass is 35.5. The first-order valence-corrected chi connectivity index (χ1v) is 12.1. The first kappa shape index (κ1) is 22.5. The van der Waals surface area contributed by atoms with Gasteiger partial charge in [0.2, 0.25) is 5.91 Å². The van der Waals surface area contributed by atoms with Gasteiger partial charge in [-0.3, -0.25) is 4.79 Å². The van der Waals surface area contributed by atoms with Crippen LogP contribution in [0.1, 0.15) is 35.7 Å². The summed E-state index contributed by atoms with van der Waals surface area (Å²) in [4.78, 5) is 19.7. The van der Waals surface area contributed by atoms with Crippen molar-refractivity contribution in [1.29, 1.82) is 0 Å². The van der Waals surface area contributed by atoms with Gasteiger partial charge in [-0.25, -0.2) is 4.98 Å². The van der Waals surface area contributed by atoms with Gasteiger partial charge in [0.1, 0.15) is 11.6 Å². The topological polar surface area (TPSA) is 47.4 Å². The van der Waals surface area contributed by atoms with Crippen molar-refractivity contribution >= 4 is 34.2 Å². The average molecular weight is 474 g/mol. The first-order chi connectivity index (χ1) is 16.5. The molecule has 0 spiro atoms. The first-order valence-electron chi connectivity index (χ1n) is 11.7. The van der Waals surface area contributed by atoms with Crippen LogP contribution in [0.4, 0.5) is 5.69 Å². The van der Waals surface area contributed by atoms with Crippen LogP contribution >= 0.6 is 11.6 Å². The summed E-state index contributed by atoms with van der Waals surface area (Å²) in [6.07, 6.45) is 1.29. The number of nitrogens with zero attached hydrogens (tertiary/aromatic N) is 3. The molecule has 34 heavy (non-hydrogen) atoms. The number of hydrogen-bond acceptors (Lipinski definition) is 3. The van der Waals surface area contributed by atoms with Gasteiger partial charge >= 0.3 is 0 Å². The summed E-state index contributed by atoms with van der Waals surface area (Å²) in [6, 6.07) is 21.9. The SMILES string of the molecule is Cc1ccc(C)c(OCCCn2c([C@H]3CC(=O)N(c4cccc(Cl)c4)C3)nc3ccccc32)c1. The van der Waals surface area contributed by atoms with E-state index in [4.69, 9.17) is 21.3 Å². The maximum absolute atomic E-state index is 12.9. The summed E-state index contributed by atoms with van der Waals surface area (Å²) in [5, 5.41) is 0.629. The maximum Gasteiger partial charge on any atom is 0.227 e. The highest BCUT2D eigenvalue weighted by molar-refractivity contribution is 6.30. The molecule has 1 aromatic heterocycles. The lowest BCUT2D eigenvalue weighted by Crippen LogP contribution is -2.24. The number of carbonyl (C=O) groups is 1. The van der Waals surface area contributed by atoms with Crippen LogP contribution in [0.2, 0.25) is 5.02 Å². The smallest absolute Gasteiger partial charge is 0.227 e. The number of benzene rings is 3. The number of para-hydroxylation sites is 2. The number of fused-ring (bicyclic) bond motifs is 1. The van der Waals surface area contributed by atoms with Gasteiger partial charge in [0.05, 0.1) is 17.6 Å². The lowest BCUT2D eigenvalue weighted by Gasteiger charge is -2.18. The van der Waals surface area contributed by atoms with E-state index in [1.807, 2.05) is 47.4 Å². The van der Waals surface area contributed by atoms with E-state index >= 15 is 0 Å². The molecule has 1 aliphatic rings. The number of hydrogen-bond donors (Lipinski definition) is 0. The van der Waals surface area contributed by atoms with Crippen LogP contribution in [0.5, 0.6) is 5.75 Å². The number of carbonyl (C=O) groups excluding carboxylic acids is 1. The van der Waals surface area contributed by atoms with Crippen LogP contribution in [0.25, 0.3) is 11.0 Å². The fourth-order valence-corrected chi connectivity index (χ4v) is 4.87. The normalized spacial score (nSPS) is 15.9. The number of halogens is 1. The van der Waals surface area contributed by atoms with Gasteiger partial charge in [-0.15, -0.1) is 0 Å². The molecule has 6 heteroatoms. The van der Waals surface area contributed by atoms with Gasteiger partial charge in [-0.2, -0.15) is 0 Å². The fraction of sp³-hybridized carbons (Fsp3) is 0.286. The lowest BCUT2D eigenvalue weighted by atomic mass is 10.1. The zero-order valence-electron chi connectivity index (χ0n) is 19.5. The second kappa shape index (κ2) is 9.51. The molecule has 0 saturated carbocycles. The summed E-state index contributed by atoms with van der Waals surface area (Å²) >= 11 is 6.17. The van der Waals surface area contributed by atoms with Crippen molar-refractivity contribution < 1.29 is 9.53 Å². The summed E-state index contributed by atoms with van der Waals surface area (Å²) in [5.41, 5.74) is 5.23. The van der Waals surface area contributed by atoms with E-state index in [0.717, 1.165) is 46.8 Å². The molecule has 4 aromatic rings. The Kier molecular flexibility index (Phi) is 6.29. The van der Waals surface area contributed by atoms with Gasteiger partial charge < -0.3 is 14.2 Å². The van der Waals surface area contributed by atoms with Crippen LogP contribution in [-0.2, 0) is 11.3 Å². The quantitative estimate of drug-likeness (QED) is 0.296. The van der Waals surface area contributed by atoms with Crippen LogP contribution in [0.15, 0.2) is 66.7 Å². The van der Waals surface area contributed by atoms with Gasteiger partial charge in [0.15, 0.2) is 0 Å². The second-order valence-electron chi connectivity index (χ2n) is 8.97. The predicted molar refractivity (Wildman–Crippen MR) is 137 cm³/mol. The monoisotopic (exact) mass is 473 g/mol. The number of imidazole rings is 1. The molecule has 1 saturated heterocycles. The summed E-state index contributed by atoms with van der Waals surface area (Å²) in [7, 11) is 0. The van der Waals surface area contributed by atoms with E-state index in [1.165, 1.54) is 5.56 Å². The molecular weight excluding hydrogens is 446 g/mol. The standard InChI is InChI=1S/C28H28ClN3O2/c1-19-11-12-20(2)26(15-19)34-14-6-13-31-25-10-4-3-9-24(25)30-28(31)21-16-27(33)32(18-21)23-8-5-7-22(29)17-23/h3-5,7-12,15,17,21H,6,13-14,16,18H2,1-2H3/t21-/m0/s1. The van der Waals surface area contributed by atoms with E-state index in [0.29, 0.717) is 24.6 Å². The second-order valence-corrected chi connectivity index (χ2v) is 9.40. The molecule has 0 N–H and O–H groups in total. The summed E-state index contributed by atoms with van der Waals surface area (Å²) < 4.78 is 8.35. The molecule has 0 aliphatic carbocycles. The molecule has 1 atom stereocenters. The van der Waals surface area contributed by atoms with Crippen molar-refractivity contribution in [2.24, 2.45) is 0 Å². The number of anilines is 1. The average Bonchev–Trinajstić information content (AvgIpc) is 3.39. The van der Waals surface area contributed by atoms with Crippen LogP contribution in [0.3, 0.4) is 0 Å². The van der Waals surface area contributed by atoms with Gasteiger partial charge in [0.25, 0.3) is 0 Å². The number of aromatic nitrogens is 2. The Morgan fingerprint density at radius 3 is 2.76 bits per heavy atom. The molecule has 5 rings (SSSR count). The van der Waals surface area contributed by atoms with Gasteiger partial charge in [0, 0.05) is 36.1 Å². The molecule has 1 amide bonds. The highest BCUT2D eigenvalue weighted by Gasteiger charge is 2.34. The van der Waals surface area contributed by atoms with Gasteiger partial charge in [-0.05, 0) is 67.8 Å². The Labute approximate surface area is 204 Å². The van der Waals surface area contributed by atoms with Crippen LogP contribution < -0.4 is 9.64 Å². The third-order valence-corrected chi connectivity index (χ3v) is 6.66. The minimum Gasteiger partial charge on any atom is -0.493 e. The van der Waals surface area contributed by atoms with E-state index < -0.39 is 0 Å². The van der Waals surface area contributed by atoms with Crippen molar-refractivity contribution in [3.63, 3.8) is 0 Å². The van der Waals surface area contributed by atoms with Crippen LogP contribution in [-0.4, -0.2) is 28.6 Å². The molecule has 3 aromatic carbocycles. The molecule has 1 aliphatic heterocycles. The maximum atomic E-state index is 12.9. The molecule has 1 fully saturated rings. The molecule has 0 radical (unpaired) electrons. The Hall–Kier alpha value is -3.31. The minimum absolute atomic E-state index is 0.0267. The highest BCUT2D eigenvalue weighted by Crippen LogP contribution is 2.34. The van der Waals surface area contributed by atoms with Crippen molar-refractivity contribution in [2.45, 2.75) is 39.2 Å². The Bertz CT molecular complexity index is 1350. The van der Waals surface area contributed by atoms with Crippen molar-refractivity contribution in [1.82, 2.24) is 9.55 Å². The number of ether oxygens (including phenoxy) is 1. The van der Waals surface area contributed by atoms with E-state index in [2.05, 4.69) is 42.7 Å². The fourth-order valence-electron chi connectivity index (χ4n) is 4.68. The Morgan fingerprint density at radius 2 is 1.91 bits per heavy atom. The van der Waals surface area contributed by atoms with Crippen molar-refractivity contribution in [3.05, 3.63) is 88.7 Å². The van der Waals surface area contributed by atoms with E-state index in [-0.39, 0.29) is 11.8 Å². The molecular formula is C28H28ClN3O2. The predicted octanol–water partition coefficient (Wildman–Crippen LogP) is 6.30. The molecule has 2 heterocycles. The van der Waals surface area contributed by atoms with Crippen LogP contribution in [0, 0.1) is 13.8 Å². The number of amides is 1. The third-order valence-electron chi connectivity index (χ3n) is 6.42. The Balaban J connectivity index is 1.35. The number of rotatable bonds is 7. The summed E-state index contributed by atoms with van der Waals surface area (Å²) in [5.74, 6) is 2.03. The van der Waals surface area contributed by atoms with Crippen molar-refractivity contribution in [2.75, 3.05) is 18.1 Å². The zero-order chi connectivity index (χ0) is 23.7. The third kappa shape index (κ3) is 4.53. The summed E-state index contributed by atoms with van der Waals surface area (Å²) in [6.45, 7) is 6.14.